The van der Waals surface area contributed by atoms with Gasteiger partial charge in [0.2, 0.25) is 0 Å². The van der Waals surface area contributed by atoms with Crippen LogP contribution in [0.15, 0.2) is 17.5 Å². The Morgan fingerprint density at radius 3 is 2.75 bits per heavy atom. The summed E-state index contributed by atoms with van der Waals surface area (Å²) < 4.78 is 1.26. The van der Waals surface area contributed by atoms with Crippen molar-refractivity contribution in [3.05, 3.63) is 23.2 Å². The Labute approximate surface area is 101 Å². The van der Waals surface area contributed by atoms with Gasteiger partial charge in [-0.3, -0.25) is 4.98 Å². The minimum absolute atomic E-state index is 0.0975. The van der Waals surface area contributed by atoms with Gasteiger partial charge in [0.1, 0.15) is 0 Å². The first-order valence-corrected chi connectivity index (χ1v) is 6.53. The first-order chi connectivity index (χ1) is 7.52. The van der Waals surface area contributed by atoms with E-state index in [9.17, 15) is 0 Å². The van der Waals surface area contributed by atoms with Gasteiger partial charge in [0, 0.05) is 17.7 Å². The SMILES string of the molecule is CCNc1cc(C(C)(C)C)nc2ccsc12. The van der Waals surface area contributed by atoms with Crippen molar-refractivity contribution in [3.8, 4) is 0 Å². The predicted molar refractivity (Wildman–Crippen MR) is 72.5 cm³/mol. The molecule has 2 rings (SSSR count). The molecule has 0 saturated carbocycles. The highest BCUT2D eigenvalue weighted by Gasteiger charge is 2.18. The van der Waals surface area contributed by atoms with Crippen LogP contribution in [0.4, 0.5) is 5.69 Å². The van der Waals surface area contributed by atoms with Crippen LogP contribution in [0.1, 0.15) is 33.4 Å². The van der Waals surface area contributed by atoms with Gasteiger partial charge in [-0.25, -0.2) is 0 Å². The van der Waals surface area contributed by atoms with Crippen LogP contribution in [0.25, 0.3) is 10.2 Å². The van der Waals surface area contributed by atoms with E-state index in [4.69, 9.17) is 4.98 Å². The molecule has 2 aromatic rings. The summed E-state index contributed by atoms with van der Waals surface area (Å²) in [5, 5.41) is 5.52. The maximum atomic E-state index is 4.72. The van der Waals surface area contributed by atoms with Gasteiger partial charge in [-0.1, -0.05) is 20.8 Å². The summed E-state index contributed by atoms with van der Waals surface area (Å²) in [6.07, 6.45) is 0. The predicted octanol–water partition coefficient (Wildman–Crippen LogP) is 4.03. The molecule has 86 valence electrons. The number of hydrogen-bond acceptors (Lipinski definition) is 3. The molecule has 3 heteroatoms. The van der Waals surface area contributed by atoms with Crippen LogP contribution >= 0.6 is 11.3 Å². The van der Waals surface area contributed by atoms with Gasteiger partial charge in [-0.05, 0) is 24.4 Å². The molecule has 0 saturated heterocycles. The standard InChI is InChI=1S/C13H18N2S/c1-5-14-10-8-11(13(2,3)4)15-9-6-7-16-12(9)10/h6-8H,5H2,1-4H3,(H,14,15). The maximum absolute atomic E-state index is 4.72. The van der Waals surface area contributed by atoms with Gasteiger partial charge in [0.15, 0.2) is 0 Å². The summed E-state index contributed by atoms with van der Waals surface area (Å²) in [5.41, 5.74) is 3.57. The van der Waals surface area contributed by atoms with Crippen molar-refractivity contribution in [2.45, 2.75) is 33.1 Å². The molecule has 0 amide bonds. The first-order valence-electron chi connectivity index (χ1n) is 5.65. The van der Waals surface area contributed by atoms with Crippen LogP contribution in [0.5, 0.6) is 0 Å². The van der Waals surface area contributed by atoms with E-state index in [0.29, 0.717) is 0 Å². The lowest BCUT2D eigenvalue weighted by Gasteiger charge is -2.19. The lowest BCUT2D eigenvalue weighted by atomic mass is 9.91. The molecule has 0 fully saturated rings. The summed E-state index contributed by atoms with van der Waals surface area (Å²) in [4.78, 5) is 4.72. The van der Waals surface area contributed by atoms with Crippen molar-refractivity contribution in [3.63, 3.8) is 0 Å². The van der Waals surface area contributed by atoms with Crippen molar-refractivity contribution >= 4 is 27.2 Å². The number of thiophene rings is 1. The molecule has 0 unspecified atom stereocenters. The van der Waals surface area contributed by atoms with E-state index >= 15 is 0 Å². The molecule has 1 N–H and O–H groups in total. The summed E-state index contributed by atoms with van der Waals surface area (Å²) >= 11 is 1.75. The van der Waals surface area contributed by atoms with Crippen molar-refractivity contribution in [2.75, 3.05) is 11.9 Å². The molecule has 2 aromatic heterocycles. The number of pyridine rings is 1. The summed E-state index contributed by atoms with van der Waals surface area (Å²) in [7, 11) is 0. The minimum Gasteiger partial charge on any atom is -0.384 e. The second-order valence-electron chi connectivity index (χ2n) is 4.97. The van der Waals surface area contributed by atoms with Crippen LogP contribution < -0.4 is 5.32 Å². The van der Waals surface area contributed by atoms with Crippen LogP contribution in [-0.2, 0) is 5.41 Å². The number of anilines is 1. The van der Waals surface area contributed by atoms with Crippen molar-refractivity contribution in [2.24, 2.45) is 0 Å². The fraction of sp³-hybridized carbons (Fsp3) is 0.462. The van der Waals surface area contributed by atoms with Gasteiger partial charge in [0.05, 0.1) is 15.9 Å². The van der Waals surface area contributed by atoms with Crippen molar-refractivity contribution in [1.82, 2.24) is 4.98 Å². The van der Waals surface area contributed by atoms with Crippen LogP contribution in [-0.4, -0.2) is 11.5 Å². The van der Waals surface area contributed by atoms with E-state index in [1.807, 2.05) is 0 Å². The Morgan fingerprint density at radius 1 is 1.38 bits per heavy atom. The third kappa shape index (κ3) is 2.05. The first kappa shape index (κ1) is 11.4. The highest BCUT2D eigenvalue weighted by molar-refractivity contribution is 7.17. The Morgan fingerprint density at radius 2 is 2.12 bits per heavy atom. The molecule has 0 bridgehead atoms. The zero-order chi connectivity index (χ0) is 11.8. The van der Waals surface area contributed by atoms with Crippen molar-refractivity contribution < 1.29 is 0 Å². The average molecular weight is 234 g/mol. The molecule has 0 spiro atoms. The van der Waals surface area contributed by atoms with E-state index in [0.717, 1.165) is 17.8 Å². The van der Waals surface area contributed by atoms with Gasteiger partial charge >= 0.3 is 0 Å². The van der Waals surface area contributed by atoms with Gasteiger partial charge < -0.3 is 5.32 Å². The summed E-state index contributed by atoms with van der Waals surface area (Å²) in [5.74, 6) is 0. The molecule has 0 atom stereocenters. The van der Waals surface area contributed by atoms with Crippen LogP contribution in [0.2, 0.25) is 0 Å². The van der Waals surface area contributed by atoms with Gasteiger partial charge in [0.25, 0.3) is 0 Å². The number of nitrogens with zero attached hydrogens (tertiary/aromatic N) is 1. The largest absolute Gasteiger partial charge is 0.384 e. The number of fused-ring (bicyclic) bond motifs is 1. The smallest absolute Gasteiger partial charge is 0.0834 e. The molecule has 0 radical (unpaired) electrons. The Kier molecular flexibility index (Phi) is 2.89. The Bertz CT molecular complexity index is 494. The number of aromatic nitrogens is 1. The van der Waals surface area contributed by atoms with Crippen LogP contribution in [0.3, 0.4) is 0 Å². The molecule has 16 heavy (non-hydrogen) atoms. The lowest BCUT2D eigenvalue weighted by molar-refractivity contribution is 0.572. The van der Waals surface area contributed by atoms with E-state index in [1.165, 1.54) is 10.4 Å². The molecule has 0 aliphatic heterocycles. The molecule has 2 nitrogen and oxygen atoms in total. The van der Waals surface area contributed by atoms with Gasteiger partial charge in [-0.2, -0.15) is 0 Å². The number of nitrogens with one attached hydrogen (secondary N) is 1. The highest BCUT2D eigenvalue weighted by atomic mass is 32.1. The topological polar surface area (TPSA) is 24.9 Å². The zero-order valence-corrected chi connectivity index (χ0v) is 11.1. The fourth-order valence-electron chi connectivity index (χ4n) is 1.66. The zero-order valence-electron chi connectivity index (χ0n) is 10.3. The third-order valence-corrected chi connectivity index (χ3v) is 3.48. The molecule has 0 aromatic carbocycles. The molecule has 0 aliphatic carbocycles. The quantitative estimate of drug-likeness (QED) is 0.848. The molecule has 2 heterocycles. The average Bonchev–Trinajstić information content (AvgIpc) is 2.64. The minimum atomic E-state index is 0.0975. The molecular weight excluding hydrogens is 216 g/mol. The monoisotopic (exact) mass is 234 g/mol. The second-order valence-corrected chi connectivity index (χ2v) is 5.89. The highest BCUT2D eigenvalue weighted by Crippen LogP contribution is 2.32. The molecular formula is C13H18N2S. The Hall–Kier alpha value is -1.09. The Balaban J connectivity index is 2.61. The van der Waals surface area contributed by atoms with E-state index in [1.54, 1.807) is 11.3 Å². The second kappa shape index (κ2) is 4.06. The van der Waals surface area contributed by atoms with E-state index < -0.39 is 0 Å². The lowest BCUT2D eigenvalue weighted by Crippen LogP contribution is -2.14. The fourth-order valence-corrected chi connectivity index (χ4v) is 2.49. The van der Waals surface area contributed by atoms with E-state index in [2.05, 4.69) is 50.5 Å². The maximum Gasteiger partial charge on any atom is 0.0834 e. The van der Waals surface area contributed by atoms with Gasteiger partial charge in [-0.15, -0.1) is 11.3 Å². The van der Waals surface area contributed by atoms with Crippen LogP contribution in [0, 0.1) is 0 Å². The normalized spacial score (nSPS) is 12.0. The summed E-state index contributed by atoms with van der Waals surface area (Å²) in [6.45, 7) is 9.66. The van der Waals surface area contributed by atoms with Crippen molar-refractivity contribution in [1.29, 1.82) is 0 Å². The number of rotatable bonds is 2. The molecule has 0 aliphatic rings. The van der Waals surface area contributed by atoms with E-state index in [-0.39, 0.29) is 5.41 Å². The third-order valence-electron chi connectivity index (χ3n) is 2.55. The number of hydrogen-bond donors (Lipinski definition) is 1. The summed E-state index contributed by atoms with van der Waals surface area (Å²) in [6, 6.07) is 4.28.